The van der Waals surface area contributed by atoms with E-state index in [0.29, 0.717) is 12.5 Å². The van der Waals surface area contributed by atoms with Crippen LogP contribution in [0.25, 0.3) is 0 Å². The van der Waals surface area contributed by atoms with Crippen LogP contribution in [0.1, 0.15) is 56.5 Å². The van der Waals surface area contributed by atoms with Gasteiger partial charge in [-0.3, -0.25) is 0 Å². The second-order valence-electron chi connectivity index (χ2n) is 5.34. The van der Waals surface area contributed by atoms with Gasteiger partial charge in [0.1, 0.15) is 0 Å². The molecule has 0 bridgehead atoms. The fourth-order valence-electron chi connectivity index (χ4n) is 2.16. The lowest BCUT2D eigenvalue weighted by atomic mass is 10.1. The number of nitrogens with two attached hydrogens (primary N) is 1. The van der Waals surface area contributed by atoms with Crippen molar-refractivity contribution in [2.24, 2.45) is 11.7 Å². The first-order chi connectivity index (χ1) is 8.69. The number of nitrogens with zero attached hydrogens (tertiary/aromatic N) is 2. The van der Waals surface area contributed by atoms with Crippen LogP contribution in [0, 0.1) is 5.92 Å². The minimum Gasteiger partial charge on any atom is -0.348 e. The number of thiazole rings is 1. The van der Waals surface area contributed by atoms with Gasteiger partial charge in [-0.2, -0.15) is 0 Å². The number of hydrogen-bond donors (Lipinski definition) is 1. The zero-order valence-electron chi connectivity index (χ0n) is 11.8. The fraction of sp³-hybridized carbons (Fsp3) is 0.786. The molecule has 1 saturated carbocycles. The molecule has 1 atom stereocenters. The van der Waals surface area contributed by atoms with Crippen LogP contribution in [-0.4, -0.2) is 18.1 Å². The molecule has 2 N–H and O–H groups in total. The van der Waals surface area contributed by atoms with E-state index in [1.807, 2.05) is 0 Å². The molecule has 0 saturated heterocycles. The Balaban J connectivity index is 2.14. The van der Waals surface area contributed by atoms with E-state index in [1.54, 1.807) is 11.3 Å². The van der Waals surface area contributed by atoms with Crippen LogP contribution in [0.5, 0.6) is 0 Å². The van der Waals surface area contributed by atoms with Crippen molar-refractivity contribution in [3.05, 3.63) is 10.6 Å². The van der Waals surface area contributed by atoms with Crippen LogP contribution in [0.3, 0.4) is 0 Å². The number of hydrogen-bond acceptors (Lipinski definition) is 4. The van der Waals surface area contributed by atoms with Crippen molar-refractivity contribution in [3.63, 3.8) is 0 Å². The third-order valence-corrected chi connectivity index (χ3v) is 4.90. The van der Waals surface area contributed by atoms with Crippen molar-refractivity contribution in [1.29, 1.82) is 0 Å². The fourth-order valence-corrected chi connectivity index (χ4v) is 3.25. The Labute approximate surface area is 114 Å². The van der Waals surface area contributed by atoms with Gasteiger partial charge in [-0.15, -0.1) is 11.3 Å². The monoisotopic (exact) mass is 267 g/mol. The highest BCUT2D eigenvalue weighted by Gasteiger charge is 2.30. The number of aromatic nitrogens is 1. The lowest BCUT2D eigenvalue weighted by Gasteiger charge is -2.23. The van der Waals surface area contributed by atoms with Gasteiger partial charge in [0.25, 0.3) is 0 Å². The van der Waals surface area contributed by atoms with Gasteiger partial charge in [-0.25, -0.2) is 4.98 Å². The topological polar surface area (TPSA) is 42.2 Å². The van der Waals surface area contributed by atoms with E-state index in [1.165, 1.54) is 35.0 Å². The zero-order chi connectivity index (χ0) is 13.1. The standard InChI is InChI=1S/C14H25N3S/c1-4-10(3)9-17(5-2)14-16-13(11-6-7-11)12(8-15)18-14/h10-11H,4-9,15H2,1-3H3. The second kappa shape index (κ2) is 6.02. The average Bonchev–Trinajstić information content (AvgIpc) is 3.15. The predicted molar refractivity (Wildman–Crippen MR) is 79.3 cm³/mol. The van der Waals surface area contributed by atoms with Crippen LogP contribution in [0.15, 0.2) is 0 Å². The lowest BCUT2D eigenvalue weighted by molar-refractivity contribution is 0.547. The highest BCUT2D eigenvalue weighted by molar-refractivity contribution is 7.15. The van der Waals surface area contributed by atoms with Crippen molar-refractivity contribution >= 4 is 16.5 Å². The Hall–Kier alpha value is -0.610. The van der Waals surface area contributed by atoms with E-state index in [9.17, 15) is 0 Å². The molecular formula is C14H25N3S. The molecule has 0 aliphatic heterocycles. The molecule has 4 heteroatoms. The molecule has 1 aromatic rings. The van der Waals surface area contributed by atoms with Crippen LogP contribution in [-0.2, 0) is 6.54 Å². The summed E-state index contributed by atoms with van der Waals surface area (Å²) in [4.78, 5) is 8.57. The van der Waals surface area contributed by atoms with Crippen LogP contribution in [0.2, 0.25) is 0 Å². The SMILES string of the molecule is CCC(C)CN(CC)c1nc(C2CC2)c(CN)s1. The molecule has 1 unspecified atom stereocenters. The van der Waals surface area contributed by atoms with E-state index >= 15 is 0 Å². The van der Waals surface area contributed by atoms with Crippen molar-refractivity contribution in [1.82, 2.24) is 4.98 Å². The molecule has 2 rings (SSSR count). The maximum Gasteiger partial charge on any atom is 0.185 e. The van der Waals surface area contributed by atoms with Crippen molar-refractivity contribution in [2.75, 3.05) is 18.0 Å². The Morgan fingerprint density at radius 2 is 2.17 bits per heavy atom. The van der Waals surface area contributed by atoms with Gasteiger partial charge in [0.2, 0.25) is 0 Å². The van der Waals surface area contributed by atoms with Gasteiger partial charge in [-0.1, -0.05) is 20.3 Å². The minimum atomic E-state index is 0.643. The number of anilines is 1. The maximum atomic E-state index is 5.85. The Morgan fingerprint density at radius 1 is 1.44 bits per heavy atom. The van der Waals surface area contributed by atoms with Crippen LogP contribution < -0.4 is 10.6 Å². The minimum absolute atomic E-state index is 0.643. The largest absolute Gasteiger partial charge is 0.348 e. The van der Waals surface area contributed by atoms with E-state index in [0.717, 1.165) is 19.0 Å². The summed E-state index contributed by atoms with van der Waals surface area (Å²) in [5, 5.41) is 1.18. The average molecular weight is 267 g/mol. The molecule has 102 valence electrons. The summed E-state index contributed by atoms with van der Waals surface area (Å²) in [6, 6.07) is 0. The molecule has 1 aliphatic rings. The van der Waals surface area contributed by atoms with E-state index in [4.69, 9.17) is 10.7 Å². The van der Waals surface area contributed by atoms with Gasteiger partial charge in [0.15, 0.2) is 5.13 Å². The Bertz CT molecular complexity index is 384. The molecule has 0 radical (unpaired) electrons. The van der Waals surface area contributed by atoms with Gasteiger partial charge < -0.3 is 10.6 Å². The van der Waals surface area contributed by atoms with Crippen molar-refractivity contribution < 1.29 is 0 Å². The zero-order valence-corrected chi connectivity index (χ0v) is 12.6. The molecule has 1 aliphatic carbocycles. The molecule has 0 amide bonds. The first kappa shape index (κ1) is 13.8. The summed E-state index contributed by atoms with van der Waals surface area (Å²) in [5.74, 6) is 1.43. The molecule has 18 heavy (non-hydrogen) atoms. The quantitative estimate of drug-likeness (QED) is 0.823. The Morgan fingerprint density at radius 3 is 2.67 bits per heavy atom. The maximum absolute atomic E-state index is 5.85. The van der Waals surface area contributed by atoms with Crippen molar-refractivity contribution in [2.45, 2.75) is 52.5 Å². The van der Waals surface area contributed by atoms with Crippen LogP contribution >= 0.6 is 11.3 Å². The van der Waals surface area contributed by atoms with E-state index in [2.05, 4.69) is 25.7 Å². The molecule has 0 aromatic carbocycles. The van der Waals surface area contributed by atoms with Gasteiger partial charge in [0, 0.05) is 30.4 Å². The summed E-state index contributed by atoms with van der Waals surface area (Å²) in [5.41, 5.74) is 7.14. The molecule has 0 spiro atoms. The summed E-state index contributed by atoms with van der Waals surface area (Å²) in [6.07, 6.45) is 3.82. The Kier molecular flexibility index (Phi) is 4.62. The van der Waals surface area contributed by atoms with Gasteiger partial charge in [0.05, 0.1) is 5.69 Å². The summed E-state index contributed by atoms with van der Waals surface area (Å²) in [6.45, 7) is 9.55. The highest BCUT2D eigenvalue weighted by atomic mass is 32.1. The van der Waals surface area contributed by atoms with Gasteiger partial charge >= 0.3 is 0 Å². The second-order valence-corrected chi connectivity index (χ2v) is 6.40. The molecule has 3 nitrogen and oxygen atoms in total. The molecular weight excluding hydrogens is 242 g/mol. The summed E-state index contributed by atoms with van der Waals surface area (Å²) in [7, 11) is 0. The first-order valence-corrected chi connectivity index (χ1v) is 7.95. The smallest absolute Gasteiger partial charge is 0.185 e. The first-order valence-electron chi connectivity index (χ1n) is 7.14. The molecule has 1 heterocycles. The number of rotatable bonds is 7. The third-order valence-electron chi connectivity index (χ3n) is 3.75. The normalized spacial score (nSPS) is 16.9. The lowest BCUT2D eigenvalue weighted by Crippen LogP contribution is -2.27. The summed E-state index contributed by atoms with van der Waals surface area (Å²) < 4.78 is 0. The molecule has 1 fully saturated rings. The highest BCUT2D eigenvalue weighted by Crippen LogP contribution is 2.44. The predicted octanol–water partition coefficient (Wildman–Crippen LogP) is 3.35. The van der Waals surface area contributed by atoms with Crippen molar-refractivity contribution in [3.8, 4) is 0 Å². The molecule has 1 aromatic heterocycles. The van der Waals surface area contributed by atoms with Crippen LogP contribution in [0.4, 0.5) is 5.13 Å². The van der Waals surface area contributed by atoms with E-state index in [-0.39, 0.29) is 0 Å². The van der Waals surface area contributed by atoms with Gasteiger partial charge in [-0.05, 0) is 25.7 Å². The third kappa shape index (κ3) is 3.04. The van der Waals surface area contributed by atoms with E-state index < -0.39 is 0 Å². The summed E-state index contributed by atoms with van der Waals surface area (Å²) >= 11 is 1.80.